The van der Waals surface area contributed by atoms with Crippen molar-refractivity contribution in [3.8, 4) is 0 Å². The lowest BCUT2D eigenvalue weighted by molar-refractivity contribution is 0.243. The van der Waals surface area contributed by atoms with Crippen molar-refractivity contribution in [3.05, 3.63) is 29.8 Å². The van der Waals surface area contributed by atoms with Gasteiger partial charge in [-0.1, -0.05) is 31.9 Å². The smallest absolute Gasteiger partial charge is 0.319 e. The van der Waals surface area contributed by atoms with Gasteiger partial charge in [0.05, 0.1) is 0 Å². The standard InChI is InChI=1S/C16H24N2O/c1-2-3-5-13-8-10-15(11-9-13)18-16(19)17-12-14-6-4-7-14/h8-11,14H,2-7,12H2,1H3,(H2,17,18,19). The summed E-state index contributed by atoms with van der Waals surface area (Å²) in [6.07, 6.45) is 7.37. The Balaban J connectivity index is 1.73. The van der Waals surface area contributed by atoms with Crippen molar-refractivity contribution >= 4 is 11.7 Å². The lowest BCUT2D eigenvalue weighted by atomic mass is 9.85. The molecule has 1 saturated carbocycles. The Labute approximate surface area is 115 Å². The lowest BCUT2D eigenvalue weighted by Crippen LogP contribution is -2.35. The third-order valence-corrected chi connectivity index (χ3v) is 3.81. The maximum absolute atomic E-state index is 11.7. The molecule has 0 unspecified atom stereocenters. The van der Waals surface area contributed by atoms with E-state index in [1.54, 1.807) is 0 Å². The molecule has 0 heterocycles. The first-order valence-corrected chi connectivity index (χ1v) is 7.41. The Morgan fingerprint density at radius 2 is 2.00 bits per heavy atom. The molecule has 0 spiro atoms. The van der Waals surface area contributed by atoms with Gasteiger partial charge in [0.15, 0.2) is 0 Å². The van der Waals surface area contributed by atoms with E-state index in [0.29, 0.717) is 5.92 Å². The third-order valence-electron chi connectivity index (χ3n) is 3.81. The van der Waals surface area contributed by atoms with Crippen molar-refractivity contribution in [1.82, 2.24) is 5.32 Å². The zero-order chi connectivity index (χ0) is 13.5. The lowest BCUT2D eigenvalue weighted by Gasteiger charge is -2.25. The number of rotatable bonds is 6. The molecular formula is C16H24N2O. The van der Waals surface area contributed by atoms with Gasteiger partial charge in [0.1, 0.15) is 0 Å². The quantitative estimate of drug-likeness (QED) is 0.799. The summed E-state index contributed by atoms with van der Waals surface area (Å²) in [6.45, 7) is 3.00. The second kappa shape index (κ2) is 7.17. The minimum atomic E-state index is -0.0896. The van der Waals surface area contributed by atoms with Gasteiger partial charge >= 0.3 is 6.03 Å². The first-order valence-electron chi connectivity index (χ1n) is 7.41. The van der Waals surface area contributed by atoms with E-state index in [1.165, 1.54) is 37.7 Å². The number of unbranched alkanes of at least 4 members (excludes halogenated alkanes) is 1. The molecule has 0 aromatic heterocycles. The summed E-state index contributed by atoms with van der Waals surface area (Å²) in [6, 6.07) is 8.06. The van der Waals surface area contributed by atoms with E-state index in [9.17, 15) is 4.79 Å². The molecule has 3 heteroatoms. The number of carbonyl (C=O) groups is 1. The monoisotopic (exact) mass is 260 g/mol. The summed E-state index contributed by atoms with van der Waals surface area (Å²) < 4.78 is 0. The van der Waals surface area contributed by atoms with E-state index in [-0.39, 0.29) is 6.03 Å². The van der Waals surface area contributed by atoms with E-state index in [0.717, 1.165) is 18.7 Å². The summed E-state index contributed by atoms with van der Waals surface area (Å²) >= 11 is 0. The van der Waals surface area contributed by atoms with Crippen LogP contribution >= 0.6 is 0 Å². The molecule has 0 atom stereocenters. The molecule has 1 aliphatic carbocycles. The molecule has 1 aromatic carbocycles. The topological polar surface area (TPSA) is 41.1 Å². The van der Waals surface area contributed by atoms with E-state index < -0.39 is 0 Å². The van der Waals surface area contributed by atoms with Crippen molar-refractivity contribution < 1.29 is 4.79 Å². The Hall–Kier alpha value is -1.51. The van der Waals surface area contributed by atoms with Gasteiger partial charge in [-0.25, -0.2) is 4.79 Å². The summed E-state index contributed by atoms with van der Waals surface area (Å²) in [4.78, 5) is 11.7. The van der Waals surface area contributed by atoms with Crippen LogP contribution in [-0.2, 0) is 6.42 Å². The number of anilines is 1. The van der Waals surface area contributed by atoms with Gasteiger partial charge in [-0.15, -0.1) is 0 Å². The predicted octanol–water partition coefficient (Wildman–Crippen LogP) is 3.95. The van der Waals surface area contributed by atoms with Crippen LogP contribution in [0.5, 0.6) is 0 Å². The molecule has 0 saturated heterocycles. The minimum Gasteiger partial charge on any atom is -0.338 e. The van der Waals surface area contributed by atoms with Crippen LogP contribution < -0.4 is 10.6 Å². The minimum absolute atomic E-state index is 0.0896. The Kier molecular flexibility index (Phi) is 5.25. The first kappa shape index (κ1) is 13.9. The molecule has 1 aromatic rings. The van der Waals surface area contributed by atoms with E-state index in [4.69, 9.17) is 0 Å². The maximum Gasteiger partial charge on any atom is 0.319 e. The van der Waals surface area contributed by atoms with Crippen LogP contribution in [-0.4, -0.2) is 12.6 Å². The average molecular weight is 260 g/mol. The van der Waals surface area contributed by atoms with Gasteiger partial charge in [0.2, 0.25) is 0 Å². The van der Waals surface area contributed by atoms with Gasteiger partial charge in [0, 0.05) is 12.2 Å². The molecule has 0 aliphatic heterocycles. The molecule has 2 rings (SSSR count). The maximum atomic E-state index is 11.7. The number of hydrogen-bond donors (Lipinski definition) is 2. The van der Waals surface area contributed by atoms with E-state index in [1.807, 2.05) is 12.1 Å². The number of nitrogens with one attached hydrogen (secondary N) is 2. The molecule has 1 aliphatic rings. The summed E-state index contributed by atoms with van der Waals surface area (Å²) in [5.74, 6) is 0.696. The van der Waals surface area contributed by atoms with Gasteiger partial charge in [-0.05, 0) is 49.3 Å². The summed E-state index contributed by atoms with van der Waals surface area (Å²) in [7, 11) is 0. The van der Waals surface area contributed by atoms with E-state index >= 15 is 0 Å². The van der Waals surface area contributed by atoms with Crippen LogP contribution in [0.3, 0.4) is 0 Å². The van der Waals surface area contributed by atoms with Gasteiger partial charge in [-0.3, -0.25) is 0 Å². The highest BCUT2D eigenvalue weighted by Gasteiger charge is 2.17. The first-order chi connectivity index (χ1) is 9.28. The van der Waals surface area contributed by atoms with Gasteiger partial charge < -0.3 is 10.6 Å². The Morgan fingerprint density at radius 1 is 1.26 bits per heavy atom. The normalized spacial score (nSPS) is 14.8. The molecule has 0 radical (unpaired) electrons. The average Bonchev–Trinajstić information content (AvgIpc) is 2.36. The molecule has 19 heavy (non-hydrogen) atoms. The van der Waals surface area contributed by atoms with Crippen LogP contribution in [0.4, 0.5) is 10.5 Å². The zero-order valence-electron chi connectivity index (χ0n) is 11.7. The van der Waals surface area contributed by atoms with Crippen LogP contribution in [0.25, 0.3) is 0 Å². The number of hydrogen-bond acceptors (Lipinski definition) is 1. The molecule has 2 amide bonds. The fourth-order valence-electron chi connectivity index (χ4n) is 2.24. The van der Waals surface area contributed by atoms with Crippen LogP contribution in [0.2, 0.25) is 0 Å². The zero-order valence-corrected chi connectivity index (χ0v) is 11.7. The predicted molar refractivity (Wildman–Crippen MR) is 79.4 cm³/mol. The molecule has 3 nitrogen and oxygen atoms in total. The van der Waals surface area contributed by atoms with Gasteiger partial charge in [0.25, 0.3) is 0 Å². The number of urea groups is 1. The van der Waals surface area contributed by atoms with Crippen molar-refractivity contribution in [3.63, 3.8) is 0 Å². The fourth-order valence-corrected chi connectivity index (χ4v) is 2.24. The number of carbonyl (C=O) groups excluding carboxylic acids is 1. The molecular weight excluding hydrogens is 236 g/mol. The molecule has 1 fully saturated rings. The van der Waals surface area contributed by atoms with Crippen molar-refractivity contribution in [2.24, 2.45) is 5.92 Å². The number of amides is 2. The van der Waals surface area contributed by atoms with Crippen molar-refractivity contribution in [2.45, 2.75) is 45.4 Å². The Bertz CT molecular complexity index is 396. The fraction of sp³-hybridized carbons (Fsp3) is 0.562. The van der Waals surface area contributed by atoms with Crippen LogP contribution in [0.1, 0.15) is 44.6 Å². The summed E-state index contributed by atoms with van der Waals surface area (Å²) in [5, 5.41) is 5.81. The molecule has 0 bridgehead atoms. The highest BCUT2D eigenvalue weighted by Crippen LogP contribution is 2.25. The van der Waals surface area contributed by atoms with Crippen molar-refractivity contribution in [2.75, 3.05) is 11.9 Å². The third kappa shape index (κ3) is 4.58. The highest BCUT2D eigenvalue weighted by molar-refractivity contribution is 5.89. The van der Waals surface area contributed by atoms with Crippen LogP contribution in [0.15, 0.2) is 24.3 Å². The van der Waals surface area contributed by atoms with E-state index in [2.05, 4.69) is 29.7 Å². The van der Waals surface area contributed by atoms with Gasteiger partial charge in [-0.2, -0.15) is 0 Å². The Morgan fingerprint density at radius 3 is 2.58 bits per heavy atom. The largest absolute Gasteiger partial charge is 0.338 e. The second-order valence-electron chi connectivity index (χ2n) is 5.43. The molecule has 104 valence electrons. The highest BCUT2D eigenvalue weighted by atomic mass is 16.2. The number of benzene rings is 1. The van der Waals surface area contributed by atoms with Crippen molar-refractivity contribution in [1.29, 1.82) is 0 Å². The van der Waals surface area contributed by atoms with Crippen LogP contribution in [0, 0.1) is 5.92 Å². The SMILES string of the molecule is CCCCc1ccc(NC(=O)NCC2CCC2)cc1. The number of aryl methyl sites for hydroxylation is 1. The summed E-state index contributed by atoms with van der Waals surface area (Å²) in [5.41, 5.74) is 2.20. The molecule has 2 N–H and O–H groups in total. The second-order valence-corrected chi connectivity index (χ2v) is 5.43.